The number of hydrogen-bond donors (Lipinski definition) is 0. The monoisotopic (exact) mass is 403 g/mol. The summed E-state index contributed by atoms with van der Waals surface area (Å²) in [4.78, 5) is 29.0. The molecule has 2 rings (SSSR count). The third kappa shape index (κ3) is 6.41. The first-order chi connectivity index (χ1) is 13.3. The minimum absolute atomic E-state index is 0.0331. The van der Waals surface area contributed by atoms with Crippen molar-refractivity contribution < 1.29 is 9.59 Å². The van der Waals surface area contributed by atoms with Crippen molar-refractivity contribution in [3.05, 3.63) is 59.9 Å². The molecule has 0 bridgehead atoms. The number of benzene rings is 1. The van der Waals surface area contributed by atoms with E-state index in [9.17, 15) is 9.59 Å². The Labute approximate surface area is 172 Å². The number of carbonyl (C=O) groups is 2. The van der Waals surface area contributed by atoms with Crippen LogP contribution in [0.3, 0.4) is 0 Å². The summed E-state index contributed by atoms with van der Waals surface area (Å²) < 4.78 is 2.00. The van der Waals surface area contributed by atoms with Gasteiger partial charge in [0.15, 0.2) is 0 Å². The Bertz CT molecular complexity index is 771. The Morgan fingerprint density at radius 1 is 1.00 bits per heavy atom. The van der Waals surface area contributed by atoms with E-state index in [4.69, 9.17) is 11.6 Å². The predicted molar refractivity (Wildman–Crippen MR) is 113 cm³/mol. The van der Waals surface area contributed by atoms with Crippen LogP contribution in [0.1, 0.15) is 32.0 Å². The molecular formula is C22H30ClN3O2. The lowest BCUT2D eigenvalue weighted by atomic mass is 10.2. The van der Waals surface area contributed by atoms with E-state index in [-0.39, 0.29) is 24.3 Å². The van der Waals surface area contributed by atoms with Crippen LogP contribution >= 0.6 is 11.6 Å². The van der Waals surface area contributed by atoms with Crippen LogP contribution in [0.25, 0.3) is 0 Å². The third-order valence-electron chi connectivity index (χ3n) is 4.54. The van der Waals surface area contributed by atoms with Gasteiger partial charge in [0, 0.05) is 32.0 Å². The zero-order valence-electron chi connectivity index (χ0n) is 17.1. The molecule has 5 nitrogen and oxygen atoms in total. The van der Waals surface area contributed by atoms with Gasteiger partial charge in [0.05, 0.1) is 13.1 Å². The molecule has 28 heavy (non-hydrogen) atoms. The van der Waals surface area contributed by atoms with Crippen molar-refractivity contribution in [2.24, 2.45) is 13.0 Å². The Kier molecular flexibility index (Phi) is 8.12. The summed E-state index contributed by atoms with van der Waals surface area (Å²) in [5.74, 6) is -0.0405. The van der Waals surface area contributed by atoms with E-state index in [0.29, 0.717) is 19.6 Å². The average Bonchev–Trinajstić information content (AvgIpc) is 3.05. The van der Waals surface area contributed by atoms with Gasteiger partial charge in [0.25, 0.3) is 0 Å². The molecule has 1 atom stereocenters. The highest BCUT2D eigenvalue weighted by Crippen LogP contribution is 2.13. The lowest BCUT2D eigenvalue weighted by molar-refractivity contribution is -0.141. The van der Waals surface area contributed by atoms with E-state index in [2.05, 4.69) is 0 Å². The van der Waals surface area contributed by atoms with E-state index in [1.807, 2.05) is 74.1 Å². The summed E-state index contributed by atoms with van der Waals surface area (Å²) in [5, 5.41) is -0.651. The maximum Gasteiger partial charge on any atom is 0.242 e. The van der Waals surface area contributed by atoms with Gasteiger partial charge in [0.1, 0.15) is 5.38 Å². The van der Waals surface area contributed by atoms with Crippen LogP contribution in [0.2, 0.25) is 0 Å². The molecule has 0 saturated carbocycles. The van der Waals surface area contributed by atoms with Gasteiger partial charge in [-0.15, -0.1) is 11.6 Å². The summed E-state index contributed by atoms with van der Waals surface area (Å²) in [7, 11) is 1.96. The highest BCUT2D eigenvalue weighted by atomic mass is 35.5. The van der Waals surface area contributed by atoms with Crippen LogP contribution in [0.15, 0.2) is 48.7 Å². The van der Waals surface area contributed by atoms with Crippen LogP contribution in [0, 0.1) is 5.92 Å². The highest BCUT2D eigenvalue weighted by Gasteiger charge is 2.25. The van der Waals surface area contributed by atoms with E-state index >= 15 is 0 Å². The Hall–Kier alpha value is -2.27. The molecule has 0 aliphatic heterocycles. The molecule has 0 radical (unpaired) electrons. The maximum atomic E-state index is 13.2. The Morgan fingerprint density at radius 2 is 1.68 bits per heavy atom. The summed E-state index contributed by atoms with van der Waals surface area (Å²) in [6.45, 7) is 7.21. The molecule has 1 unspecified atom stereocenters. The molecule has 0 aliphatic carbocycles. The van der Waals surface area contributed by atoms with Crippen molar-refractivity contribution in [3.63, 3.8) is 0 Å². The van der Waals surface area contributed by atoms with Crippen LogP contribution in [0.4, 0.5) is 0 Å². The van der Waals surface area contributed by atoms with Gasteiger partial charge in [-0.1, -0.05) is 44.2 Å². The van der Waals surface area contributed by atoms with E-state index in [1.54, 1.807) is 16.7 Å². The third-order valence-corrected chi connectivity index (χ3v) is 4.72. The number of amides is 2. The zero-order valence-corrected chi connectivity index (χ0v) is 17.9. The number of hydrogen-bond acceptors (Lipinski definition) is 2. The van der Waals surface area contributed by atoms with Crippen LogP contribution in [0.5, 0.6) is 0 Å². The van der Waals surface area contributed by atoms with Gasteiger partial charge >= 0.3 is 0 Å². The molecule has 2 aromatic rings. The molecule has 0 N–H and O–H groups in total. The lowest BCUT2D eigenvalue weighted by Crippen LogP contribution is -2.46. The van der Waals surface area contributed by atoms with Crippen molar-refractivity contribution >= 4 is 23.4 Å². The number of nitrogens with zero attached hydrogens (tertiary/aromatic N) is 3. The van der Waals surface area contributed by atoms with Gasteiger partial charge in [-0.2, -0.15) is 0 Å². The topological polar surface area (TPSA) is 45.6 Å². The molecule has 0 fully saturated rings. The first kappa shape index (κ1) is 22.0. The molecule has 6 heteroatoms. The fourth-order valence-electron chi connectivity index (χ4n) is 3.08. The fraction of sp³-hybridized carbons (Fsp3) is 0.455. The zero-order chi connectivity index (χ0) is 20.7. The minimum Gasteiger partial charge on any atom is -0.353 e. The Balaban J connectivity index is 2.20. The Morgan fingerprint density at radius 3 is 2.21 bits per heavy atom. The summed E-state index contributed by atoms with van der Waals surface area (Å²) in [5.41, 5.74) is 2.09. The van der Waals surface area contributed by atoms with Crippen LogP contribution in [-0.2, 0) is 29.7 Å². The van der Waals surface area contributed by atoms with Crippen LogP contribution in [-0.4, -0.2) is 44.6 Å². The second-order valence-corrected chi connectivity index (χ2v) is 8.23. The second kappa shape index (κ2) is 10.3. The molecule has 1 aromatic heterocycles. The summed E-state index contributed by atoms with van der Waals surface area (Å²) >= 11 is 6.02. The van der Waals surface area contributed by atoms with Crippen molar-refractivity contribution in [1.82, 2.24) is 14.4 Å². The molecule has 1 heterocycles. The number of rotatable bonds is 9. The SMILES string of the molecule is CC(C)CN(CC(=O)N(Cc1ccccc1)Cc1cccn1C)C(=O)C(C)Cl. The predicted octanol–water partition coefficient (Wildman–Crippen LogP) is 3.67. The van der Waals surface area contributed by atoms with Crippen molar-refractivity contribution in [3.8, 4) is 0 Å². The first-order valence-electron chi connectivity index (χ1n) is 9.62. The van der Waals surface area contributed by atoms with Gasteiger partial charge in [-0.3, -0.25) is 9.59 Å². The normalized spacial score (nSPS) is 12.1. The number of aryl methyl sites for hydroxylation is 1. The van der Waals surface area contributed by atoms with E-state index in [0.717, 1.165) is 11.3 Å². The molecule has 0 saturated heterocycles. The van der Waals surface area contributed by atoms with E-state index < -0.39 is 5.38 Å². The number of aromatic nitrogens is 1. The molecule has 0 spiro atoms. The van der Waals surface area contributed by atoms with Gasteiger partial charge < -0.3 is 14.4 Å². The van der Waals surface area contributed by atoms with Crippen molar-refractivity contribution in [2.75, 3.05) is 13.1 Å². The molecular weight excluding hydrogens is 374 g/mol. The van der Waals surface area contributed by atoms with Crippen molar-refractivity contribution in [2.45, 2.75) is 39.2 Å². The smallest absolute Gasteiger partial charge is 0.242 e. The molecule has 0 aliphatic rings. The van der Waals surface area contributed by atoms with Crippen molar-refractivity contribution in [1.29, 1.82) is 0 Å². The van der Waals surface area contributed by atoms with Gasteiger partial charge in [-0.25, -0.2) is 0 Å². The van der Waals surface area contributed by atoms with Gasteiger partial charge in [-0.05, 0) is 30.5 Å². The number of halogens is 1. The fourth-order valence-corrected chi connectivity index (χ4v) is 3.22. The van der Waals surface area contributed by atoms with E-state index in [1.165, 1.54) is 0 Å². The lowest BCUT2D eigenvalue weighted by Gasteiger charge is -2.29. The minimum atomic E-state index is -0.651. The average molecular weight is 404 g/mol. The largest absolute Gasteiger partial charge is 0.353 e. The molecule has 2 amide bonds. The molecule has 152 valence electrons. The van der Waals surface area contributed by atoms with Crippen LogP contribution < -0.4 is 0 Å². The number of carbonyl (C=O) groups excluding carboxylic acids is 2. The first-order valence-corrected chi connectivity index (χ1v) is 10.1. The summed E-state index contributed by atoms with van der Waals surface area (Å²) in [6.07, 6.45) is 1.96. The van der Waals surface area contributed by atoms with Gasteiger partial charge in [0.2, 0.25) is 11.8 Å². The summed E-state index contributed by atoms with van der Waals surface area (Å²) in [6, 6.07) is 13.9. The standard InChI is InChI=1S/C22H30ClN3O2/c1-17(2)13-26(22(28)18(3)23)16-21(27)25(14-19-9-6-5-7-10-19)15-20-11-8-12-24(20)4/h5-12,17-18H,13-16H2,1-4H3. The highest BCUT2D eigenvalue weighted by molar-refractivity contribution is 6.30. The maximum absolute atomic E-state index is 13.2. The second-order valence-electron chi connectivity index (χ2n) is 7.57. The molecule has 1 aromatic carbocycles. The quantitative estimate of drug-likeness (QED) is 0.600. The number of alkyl halides is 1.